The van der Waals surface area contributed by atoms with Gasteiger partial charge < -0.3 is 19.2 Å². The standard InChI is InChI=1S/C20H23NO6/c1-6-26-20(24)18-11(2)17(12(3)21-18)19(23)27-10-15-9-14(13(4)22)7-8-16(15)25-5/h7-9,21H,6,10H2,1-5H3. The van der Waals surface area contributed by atoms with Crippen LogP contribution in [0.1, 0.15) is 61.9 Å². The molecule has 0 aliphatic carbocycles. The van der Waals surface area contributed by atoms with Gasteiger partial charge in [0.15, 0.2) is 5.78 Å². The van der Waals surface area contributed by atoms with Crippen LogP contribution < -0.4 is 4.74 Å². The van der Waals surface area contributed by atoms with E-state index in [4.69, 9.17) is 14.2 Å². The fraction of sp³-hybridized carbons (Fsp3) is 0.350. The Kier molecular flexibility index (Phi) is 6.39. The molecule has 1 aromatic heterocycles. The van der Waals surface area contributed by atoms with Crippen molar-refractivity contribution in [2.75, 3.05) is 13.7 Å². The summed E-state index contributed by atoms with van der Waals surface area (Å²) in [7, 11) is 1.50. The first-order valence-corrected chi connectivity index (χ1v) is 8.51. The van der Waals surface area contributed by atoms with Crippen molar-refractivity contribution in [3.05, 3.63) is 51.8 Å². The predicted molar refractivity (Wildman–Crippen MR) is 98.3 cm³/mol. The fourth-order valence-corrected chi connectivity index (χ4v) is 2.79. The van der Waals surface area contributed by atoms with Crippen molar-refractivity contribution < 1.29 is 28.6 Å². The van der Waals surface area contributed by atoms with Gasteiger partial charge in [-0.15, -0.1) is 0 Å². The number of nitrogens with one attached hydrogen (secondary N) is 1. The van der Waals surface area contributed by atoms with Gasteiger partial charge in [0.1, 0.15) is 18.1 Å². The van der Waals surface area contributed by atoms with Crippen molar-refractivity contribution in [1.82, 2.24) is 4.98 Å². The van der Waals surface area contributed by atoms with Crippen LogP contribution in [0, 0.1) is 13.8 Å². The van der Waals surface area contributed by atoms with Crippen molar-refractivity contribution in [3.63, 3.8) is 0 Å². The quantitative estimate of drug-likeness (QED) is 0.591. The van der Waals surface area contributed by atoms with Crippen LogP contribution in [0.15, 0.2) is 18.2 Å². The van der Waals surface area contributed by atoms with E-state index in [0.717, 1.165) is 0 Å². The Labute approximate surface area is 157 Å². The topological polar surface area (TPSA) is 94.7 Å². The van der Waals surface area contributed by atoms with Gasteiger partial charge in [0.25, 0.3) is 0 Å². The molecule has 2 rings (SSSR count). The zero-order valence-corrected chi connectivity index (χ0v) is 16.1. The van der Waals surface area contributed by atoms with Crippen LogP contribution in [0.5, 0.6) is 5.75 Å². The van der Waals surface area contributed by atoms with E-state index >= 15 is 0 Å². The predicted octanol–water partition coefficient (Wildman–Crippen LogP) is 3.38. The number of aryl methyl sites for hydroxylation is 1. The number of methoxy groups -OCH3 is 1. The van der Waals surface area contributed by atoms with Crippen LogP contribution in [-0.2, 0) is 16.1 Å². The minimum atomic E-state index is -0.577. The van der Waals surface area contributed by atoms with Crippen molar-refractivity contribution in [3.8, 4) is 5.75 Å². The number of aromatic amines is 1. The number of esters is 2. The first-order chi connectivity index (χ1) is 12.8. The average Bonchev–Trinajstić information content (AvgIpc) is 2.94. The molecule has 0 unspecified atom stereocenters. The lowest BCUT2D eigenvalue weighted by Crippen LogP contribution is -2.10. The Morgan fingerprint density at radius 2 is 1.78 bits per heavy atom. The van der Waals surface area contributed by atoms with Gasteiger partial charge in [-0.3, -0.25) is 4.79 Å². The molecule has 144 valence electrons. The number of H-pyrrole nitrogens is 1. The smallest absolute Gasteiger partial charge is 0.355 e. The Hall–Kier alpha value is -3.09. The van der Waals surface area contributed by atoms with E-state index in [9.17, 15) is 14.4 Å². The minimum absolute atomic E-state index is 0.0675. The molecule has 0 radical (unpaired) electrons. The van der Waals surface area contributed by atoms with Crippen LogP contribution in [-0.4, -0.2) is 36.4 Å². The number of hydrogen-bond acceptors (Lipinski definition) is 6. The van der Waals surface area contributed by atoms with Crippen LogP contribution in [0.3, 0.4) is 0 Å². The van der Waals surface area contributed by atoms with Crippen LogP contribution in [0.2, 0.25) is 0 Å². The number of carbonyl (C=O) groups is 3. The summed E-state index contributed by atoms with van der Waals surface area (Å²) in [5, 5.41) is 0. The van der Waals surface area contributed by atoms with E-state index < -0.39 is 11.9 Å². The highest BCUT2D eigenvalue weighted by molar-refractivity contribution is 5.98. The summed E-state index contributed by atoms with van der Waals surface area (Å²) in [6.45, 7) is 6.68. The molecule has 1 N–H and O–H groups in total. The molecule has 7 nitrogen and oxygen atoms in total. The van der Waals surface area contributed by atoms with Crippen molar-refractivity contribution in [1.29, 1.82) is 0 Å². The SMILES string of the molecule is CCOC(=O)c1[nH]c(C)c(C(=O)OCc2cc(C(C)=O)ccc2OC)c1C. The van der Waals surface area contributed by atoms with E-state index in [1.807, 2.05) is 0 Å². The molecular weight excluding hydrogens is 350 g/mol. The first kappa shape index (κ1) is 20.2. The number of carbonyl (C=O) groups excluding carboxylic acids is 3. The summed E-state index contributed by atoms with van der Waals surface area (Å²) < 4.78 is 15.6. The maximum atomic E-state index is 12.6. The van der Waals surface area contributed by atoms with Gasteiger partial charge in [-0.1, -0.05) is 0 Å². The summed E-state index contributed by atoms with van der Waals surface area (Å²) in [5.41, 5.74) is 2.60. The highest BCUT2D eigenvalue weighted by Gasteiger charge is 2.24. The van der Waals surface area contributed by atoms with Gasteiger partial charge >= 0.3 is 11.9 Å². The molecule has 7 heteroatoms. The summed E-state index contributed by atoms with van der Waals surface area (Å²) in [4.78, 5) is 39.0. The minimum Gasteiger partial charge on any atom is -0.496 e. The molecule has 2 aromatic rings. The lowest BCUT2D eigenvalue weighted by atomic mass is 10.1. The van der Waals surface area contributed by atoms with Gasteiger partial charge in [0.05, 0.1) is 19.3 Å². The van der Waals surface area contributed by atoms with E-state index in [-0.39, 0.29) is 24.7 Å². The lowest BCUT2D eigenvalue weighted by Gasteiger charge is -2.11. The number of aromatic nitrogens is 1. The number of ether oxygens (including phenoxy) is 3. The highest BCUT2D eigenvalue weighted by atomic mass is 16.5. The normalized spacial score (nSPS) is 10.4. The number of rotatable bonds is 7. The number of ketones is 1. The Bertz CT molecular complexity index is 881. The number of hydrogen-bond donors (Lipinski definition) is 1. The van der Waals surface area contributed by atoms with Crippen molar-refractivity contribution >= 4 is 17.7 Å². The molecule has 1 aromatic carbocycles. The highest BCUT2D eigenvalue weighted by Crippen LogP contribution is 2.24. The number of benzene rings is 1. The second-order valence-electron chi connectivity index (χ2n) is 6.00. The lowest BCUT2D eigenvalue weighted by molar-refractivity contribution is 0.0468. The largest absolute Gasteiger partial charge is 0.496 e. The maximum Gasteiger partial charge on any atom is 0.355 e. The van der Waals surface area contributed by atoms with E-state index in [2.05, 4.69) is 4.98 Å². The molecule has 0 saturated heterocycles. The fourth-order valence-electron chi connectivity index (χ4n) is 2.79. The third-order valence-electron chi connectivity index (χ3n) is 4.17. The third kappa shape index (κ3) is 4.36. The van der Waals surface area contributed by atoms with E-state index in [1.165, 1.54) is 14.0 Å². The molecule has 0 spiro atoms. The van der Waals surface area contributed by atoms with Gasteiger partial charge in [-0.25, -0.2) is 9.59 Å². The molecule has 0 fully saturated rings. The molecule has 1 heterocycles. The molecule has 0 aliphatic rings. The molecule has 0 bridgehead atoms. The van der Waals surface area contributed by atoms with Gasteiger partial charge in [0.2, 0.25) is 0 Å². The molecule has 27 heavy (non-hydrogen) atoms. The van der Waals surface area contributed by atoms with Crippen molar-refractivity contribution in [2.24, 2.45) is 0 Å². The van der Waals surface area contributed by atoms with Gasteiger partial charge in [-0.05, 0) is 51.5 Å². The zero-order chi connectivity index (χ0) is 20.1. The Morgan fingerprint density at radius 3 is 2.37 bits per heavy atom. The second kappa shape index (κ2) is 8.53. The summed E-state index contributed by atoms with van der Waals surface area (Å²) >= 11 is 0. The molecule has 0 aliphatic heterocycles. The Morgan fingerprint density at radius 1 is 1.07 bits per heavy atom. The molecular formula is C20H23NO6. The van der Waals surface area contributed by atoms with E-state index in [1.54, 1.807) is 39.0 Å². The molecule has 0 saturated carbocycles. The summed E-state index contributed by atoms with van der Waals surface area (Å²) in [6, 6.07) is 4.94. The summed E-state index contributed by atoms with van der Waals surface area (Å²) in [5.74, 6) is -0.677. The van der Waals surface area contributed by atoms with Crippen LogP contribution in [0.25, 0.3) is 0 Å². The zero-order valence-electron chi connectivity index (χ0n) is 16.1. The second-order valence-corrected chi connectivity index (χ2v) is 6.00. The van der Waals surface area contributed by atoms with Gasteiger partial charge in [-0.2, -0.15) is 0 Å². The molecule has 0 atom stereocenters. The van der Waals surface area contributed by atoms with Crippen LogP contribution in [0.4, 0.5) is 0 Å². The maximum absolute atomic E-state index is 12.6. The molecule has 0 amide bonds. The summed E-state index contributed by atoms with van der Waals surface area (Å²) in [6.07, 6.45) is 0. The monoisotopic (exact) mass is 373 g/mol. The van der Waals surface area contributed by atoms with Crippen molar-refractivity contribution in [2.45, 2.75) is 34.3 Å². The van der Waals surface area contributed by atoms with Crippen LogP contribution >= 0.6 is 0 Å². The van der Waals surface area contributed by atoms with E-state index in [0.29, 0.717) is 33.7 Å². The van der Waals surface area contributed by atoms with Gasteiger partial charge in [0, 0.05) is 16.8 Å². The number of Topliss-reactive ketones (excluding diaryl/α,β-unsaturated/α-hetero) is 1. The Balaban J connectivity index is 2.23. The first-order valence-electron chi connectivity index (χ1n) is 8.51. The third-order valence-corrected chi connectivity index (χ3v) is 4.17. The average molecular weight is 373 g/mol.